The van der Waals surface area contributed by atoms with E-state index in [4.69, 9.17) is 10.00 Å². The molecule has 0 radical (unpaired) electrons. The van der Waals surface area contributed by atoms with Gasteiger partial charge in [-0.1, -0.05) is 38.3 Å². The van der Waals surface area contributed by atoms with Gasteiger partial charge in [0, 0.05) is 6.04 Å². The van der Waals surface area contributed by atoms with Crippen molar-refractivity contribution in [3.05, 3.63) is 34.7 Å². The monoisotopic (exact) mass is 348 g/mol. The molecule has 1 aromatic rings. The van der Waals surface area contributed by atoms with E-state index < -0.39 is 10.0 Å². The molecule has 0 saturated heterocycles. The largest absolute Gasteiger partial charge is 0.494 e. The minimum Gasteiger partial charge on any atom is -0.494 e. The van der Waals surface area contributed by atoms with E-state index in [-0.39, 0.29) is 10.9 Å². The van der Waals surface area contributed by atoms with Gasteiger partial charge in [0.25, 0.3) is 10.0 Å². The van der Waals surface area contributed by atoms with Gasteiger partial charge in [-0.3, -0.25) is 0 Å². The van der Waals surface area contributed by atoms with Crippen LogP contribution in [0.15, 0.2) is 29.2 Å². The molecule has 1 aliphatic rings. The number of benzene rings is 1. The number of sulfonamides is 1. The first-order valence-electron chi connectivity index (χ1n) is 8.42. The minimum absolute atomic E-state index is 0.0183. The van der Waals surface area contributed by atoms with E-state index in [2.05, 4.69) is 11.6 Å². The molecular weight excluding hydrogens is 324 g/mol. The van der Waals surface area contributed by atoms with Crippen molar-refractivity contribution in [1.82, 2.24) is 4.72 Å². The van der Waals surface area contributed by atoms with E-state index in [1.165, 1.54) is 18.9 Å². The standard InChI is InChI=1S/C18H24N2O3S/c1-2-3-4-5-12-23-17-10-6-15(7-11-17)13-18(14-19)24(21,22)20-16-8-9-16/h6-7,10-11,13,16,20H,2-5,8-9,12H2,1H3/b18-13+. The smallest absolute Gasteiger partial charge is 0.250 e. The molecule has 0 spiro atoms. The van der Waals surface area contributed by atoms with Crippen LogP contribution in [0.4, 0.5) is 0 Å². The van der Waals surface area contributed by atoms with Gasteiger partial charge in [0.05, 0.1) is 6.61 Å². The maximum absolute atomic E-state index is 12.1. The predicted molar refractivity (Wildman–Crippen MR) is 94.7 cm³/mol. The number of nitrogens with one attached hydrogen (secondary N) is 1. The molecule has 6 heteroatoms. The van der Waals surface area contributed by atoms with Gasteiger partial charge in [0.15, 0.2) is 4.91 Å². The molecule has 1 fully saturated rings. The number of nitrogens with zero attached hydrogens (tertiary/aromatic N) is 1. The van der Waals surface area contributed by atoms with Gasteiger partial charge in [-0.2, -0.15) is 5.26 Å². The number of nitriles is 1. The lowest BCUT2D eigenvalue weighted by atomic mass is 10.2. The van der Waals surface area contributed by atoms with Crippen molar-refractivity contribution in [3.63, 3.8) is 0 Å². The molecule has 1 aliphatic carbocycles. The Morgan fingerprint density at radius 1 is 1.29 bits per heavy atom. The van der Waals surface area contributed by atoms with Crippen LogP contribution in [0.5, 0.6) is 5.75 Å². The van der Waals surface area contributed by atoms with Crippen molar-refractivity contribution in [3.8, 4) is 11.8 Å². The maximum Gasteiger partial charge on any atom is 0.250 e. The van der Waals surface area contributed by atoms with Gasteiger partial charge in [-0.15, -0.1) is 0 Å². The molecule has 0 bridgehead atoms. The third-order valence-electron chi connectivity index (χ3n) is 3.74. The predicted octanol–water partition coefficient (Wildman–Crippen LogP) is 3.59. The Morgan fingerprint density at radius 3 is 2.58 bits per heavy atom. The minimum atomic E-state index is -3.72. The zero-order valence-corrected chi connectivity index (χ0v) is 14.8. The molecule has 0 aliphatic heterocycles. The van der Waals surface area contributed by atoms with Crippen molar-refractivity contribution in [1.29, 1.82) is 5.26 Å². The van der Waals surface area contributed by atoms with Gasteiger partial charge in [0.1, 0.15) is 11.8 Å². The zero-order chi connectivity index (χ0) is 17.4. The van der Waals surface area contributed by atoms with Crippen LogP contribution in [0, 0.1) is 11.3 Å². The fourth-order valence-electron chi connectivity index (χ4n) is 2.18. The summed E-state index contributed by atoms with van der Waals surface area (Å²) >= 11 is 0. The fourth-order valence-corrected chi connectivity index (χ4v) is 3.40. The van der Waals surface area contributed by atoms with E-state index in [0.29, 0.717) is 12.2 Å². The molecule has 0 unspecified atom stereocenters. The molecule has 5 nitrogen and oxygen atoms in total. The summed E-state index contributed by atoms with van der Waals surface area (Å²) in [5, 5.41) is 9.14. The SMILES string of the molecule is CCCCCCOc1ccc(/C=C(\C#N)S(=O)(=O)NC2CC2)cc1. The lowest BCUT2D eigenvalue weighted by molar-refractivity contribution is 0.305. The fraction of sp³-hybridized carbons (Fsp3) is 0.500. The van der Waals surface area contributed by atoms with Gasteiger partial charge in [-0.25, -0.2) is 13.1 Å². The first kappa shape index (κ1) is 18.5. The van der Waals surface area contributed by atoms with Crippen LogP contribution in [0.2, 0.25) is 0 Å². The third-order valence-corrected chi connectivity index (χ3v) is 5.18. The lowest BCUT2D eigenvalue weighted by Crippen LogP contribution is -2.26. The average Bonchev–Trinajstić information content (AvgIpc) is 3.36. The molecule has 1 aromatic carbocycles. The van der Waals surface area contributed by atoms with E-state index in [1.807, 2.05) is 0 Å². The Morgan fingerprint density at radius 2 is 2.00 bits per heavy atom. The molecule has 2 rings (SSSR count). The third kappa shape index (κ3) is 5.99. The summed E-state index contributed by atoms with van der Waals surface area (Å²) in [5.74, 6) is 0.751. The van der Waals surface area contributed by atoms with Gasteiger partial charge in [0.2, 0.25) is 0 Å². The molecule has 0 atom stereocenters. The highest BCUT2D eigenvalue weighted by Crippen LogP contribution is 2.22. The molecule has 130 valence electrons. The molecule has 0 heterocycles. The van der Waals surface area contributed by atoms with Crippen molar-refractivity contribution in [2.45, 2.75) is 51.5 Å². The number of ether oxygens (including phenoxy) is 1. The van der Waals surface area contributed by atoms with Crippen molar-refractivity contribution >= 4 is 16.1 Å². The van der Waals surface area contributed by atoms with Crippen LogP contribution in [-0.2, 0) is 10.0 Å². The average molecular weight is 348 g/mol. The van der Waals surface area contributed by atoms with Crippen LogP contribution >= 0.6 is 0 Å². The van der Waals surface area contributed by atoms with E-state index in [0.717, 1.165) is 31.4 Å². The first-order chi connectivity index (χ1) is 11.5. The number of hydrogen-bond acceptors (Lipinski definition) is 4. The Kier molecular flexibility index (Phi) is 6.83. The molecule has 1 saturated carbocycles. The second-order valence-electron chi connectivity index (χ2n) is 5.99. The lowest BCUT2D eigenvalue weighted by Gasteiger charge is -2.07. The first-order valence-corrected chi connectivity index (χ1v) is 9.90. The van der Waals surface area contributed by atoms with Crippen LogP contribution in [-0.4, -0.2) is 21.1 Å². The van der Waals surface area contributed by atoms with Crippen molar-refractivity contribution in [2.24, 2.45) is 0 Å². The quantitative estimate of drug-likeness (QED) is 0.517. The molecule has 1 N–H and O–H groups in total. The highest BCUT2D eigenvalue weighted by Gasteiger charge is 2.29. The Balaban J connectivity index is 1.94. The topological polar surface area (TPSA) is 79.2 Å². The summed E-state index contributed by atoms with van der Waals surface area (Å²) in [5.41, 5.74) is 0.658. The van der Waals surface area contributed by atoms with Crippen molar-refractivity contribution in [2.75, 3.05) is 6.61 Å². The van der Waals surface area contributed by atoms with E-state index in [1.54, 1.807) is 30.3 Å². The molecule has 24 heavy (non-hydrogen) atoms. The van der Waals surface area contributed by atoms with Gasteiger partial charge in [-0.05, 0) is 43.0 Å². The van der Waals surface area contributed by atoms with Crippen LogP contribution in [0.25, 0.3) is 6.08 Å². The molecule has 0 amide bonds. The Hall–Kier alpha value is -1.84. The van der Waals surface area contributed by atoms with E-state index in [9.17, 15) is 8.42 Å². The second-order valence-corrected chi connectivity index (χ2v) is 7.68. The zero-order valence-electron chi connectivity index (χ0n) is 14.0. The summed E-state index contributed by atoms with van der Waals surface area (Å²) < 4.78 is 32.3. The van der Waals surface area contributed by atoms with Crippen molar-refractivity contribution < 1.29 is 13.2 Å². The summed E-state index contributed by atoms with van der Waals surface area (Å²) in [6.07, 6.45) is 7.65. The highest BCUT2D eigenvalue weighted by molar-refractivity contribution is 7.93. The number of rotatable bonds is 10. The number of allylic oxidation sites excluding steroid dienone is 1. The summed E-state index contributed by atoms with van der Waals surface area (Å²) in [6, 6.07) is 8.85. The normalized spacial score (nSPS) is 15.1. The Labute approximate surface area is 144 Å². The Bertz CT molecular complexity index is 699. The number of unbranched alkanes of at least 4 members (excludes halogenated alkanes) is 3. The number of hydrogen-bond donors (Lipinski definition) is 1. The summed E-state index contributed by atoms with van der Waals surface area (Å²) in [4.78, 5) is -0.261. The molecular formula is C18H24N2O3S. The van der Waals surface area contributed by atoms with Gasteiger partial charge < -0.3 is 4.74 Å². The molecule has 0 aromatic heterocycles. The summed E-state index contributed by atoms with van der Waals surface area (Å²) in [6.45, 7) is 2.85. The van der Waals surface area contributed by atoms with Crippen LogP contribution < -0.4 is 9.46 Å². The maximum atomic E-state index is 12.1. The summed E-state index contributed by atoms with van der Waals surface area (Å²) in [7, 11) is -3.72. The second kappa shape index (κ2) is 8.86. The van der Waals surface area contributed by atoms with Crippen LogP contribution in [0.3, 0.4) is 0 Å². The van der Waals surface area contributed by atoms with Gasteiger partial charge >= 0.3 is 0 Å². The highest BCUT2D eigenvalue weighted by atomic mass is 32.2. The van der Waals surface area contributed by atoms with Crippen LogP contribution in [0.1, 0.15) is 51.0 Å². The van der Waals surface area contributed by atoms with E-state index >= 15 is 0 Å².